The van der Waals surface area contributed by atoms with E-state index in [1.807, 2.05) is 20.8 Å². The van der Waals surface area contributed by atoms with Crippen molar-refractivity contribution < 1.29 is 4.21 Å². The van der Waals surface area contributed by atoms with E-state index in [2.05, 4.69) is 44.5 Å². The van der Waals surface area contributed by atoms with Crippen molar-refractivity contribution in [2.24, 2.45) is 0 Å². The maximum absolute atomic E-state index is 12.5. The molecular formula is C14H20BrNOS. The van der Waals surface area contributed by atoms with Crippen molar-refractivity contribution in [3.8, 4) is 0 Å². The van der Waals surface area contributed by atoms with Gasteiger partial charge in [0.25, 0.3) is 0 Å². The standard InChI is InChI=1S/C14H20BrNOS/c1-14(2,3)18(17)16-10-4-5-13(16)11-6-8-12(15)9-7-11/h6-9,13H,4-5,10H2,1-3H3/t13-,18-/m0/s1. The van der Waals surface area contributed by atoms with Crippen LogP contribution in [0.1, 0.15) is 45.2 Å². The lowest BCUT2D eigenvalue weighted by Gasteiger charge is -2.30. The van der Waals surface area contributed by atoms with Crippen molar-refractivity contribution in [2.45, 2.75) is 44.4 Å². The Morgan fingerprint density at radius 1 is 1.28 bits per heavy atom. The third kappa shape index (κ3) is 3.03. The Bertz CT molecular complexity index is 438. The van der Waals surface area contributed by atoms with E-state index < -0.39 is 11.0 Å². The molecule has 2 rings (SSSR count). The van der Waals surface area contributed by atoms with Gasteiger partial charge in [-0.1, -0.05) is 28.1 Å². The van der Waals surface area contributed by atoms with Crippen LogP contribution in [0.15, 0.2) is 28.7 Å². The summed E-state index contributed by atoms with van der Waals surface area (Å²) in [5, 5.41) is 0. The maximum atomic E-state index is 12.5. The Morgan fingerprint density at radius 2 is 1.89 bits per heavy atom. The summed E-state index contributed by atoms with van der Waals surface area (Å²) in [5.41, 5.74) is 1.27. The molecule has 2 atom stereocenters. The fraction of sp³-hybridized carbons (Fsp3) is 0.571. The van der Waals surface area contributed by atoms with Gasteiger partial charge in [0.05, 0.1) is 4.75 Å². The van der Waals surface area contributed by atoms with Gasteiger partial charge in [-0.2, -0.15) is 0 Å². The average molecular weight is 330 g/mol. The number of rotatable bonds is 2. The quantitative estimate of drug-likeness (QED) is 0.801. The van der Waals surface area contributed by atoms with Gasteiger partial charge in [0, 0.05) is 17.1 Å². The first kappa shape index (κ1) is 14.2. The first-order chi connectivity index (χ1) is 8.39. The van der Waals surface area contributed by atoms with Crippen LogP contribution >= 0.6 is 15.9 Å². The molecule has 2 nitrogen and oxygen atoms in total. The van der Waals surface area contributed by atoms with Crippen LogP contribution in [0, 0.1) is 0 Å². The summed E-state index contributed by atoms with van der Waals surface area (Å²) in [7, 11) is -0.927. The largest absolute Gasteiger partial charge is 0.242 e. The van der Waals surface area contributed by atoms with Gasteiger partial charge >= 0.3 is 0 Å². The van der Waals surface area contributed by atoms with Gasteiger partial charge in [-0.15, -0.1) is 0 Å². The first-order valence-corrected chi connectivity index (χ1v) is 8.23. The van der Waals surface area contributed by atoms with Crippen LogP contribution in [-0.2, 0) is 11.0 Å². The van der Waals surface area contributed by atoms with E-state index in [4.69, 9.17) is 0 Å². The molecule has 1 heterocycles. The van der Waals surface area contributed by atoms with Crippen LogP contribution in [0.3, 0.4) is 0 Å². The molecule has 0 aromatic heterocycles. The van der Waals surface area contributed by atoms with Gasteiger partial charge in [0.2, 0.25) is 0 Å². The number of benzene rings is 1. The topological polar surface area (TPSA) is 20.3 Å². The smallest absolute Gasteiger partial charge is 0.100 e. The molecule has 0 spiro atoms. The van der Waals surface area contributed by atoms with E-state index >= 15 is 0 Å². The van der Waals surface area contributed by atoms with E-state index in [9.17, 15) is 4.21 Å². The third-order valence-corrected chi connectivity index (χ3v) is 5.63. The normalized spacial score (nSPS) is 23.2. The summed E-state index contributed by atoms with van der Waals surface area (Å²) in [6.45, 7) is 7.06. The summed E-state index contributed by atoms with van der Waals surface area (Å²) >= 11 is 3.46. The lowest BCUT2D eigenvalue weighted by atomic mass is 10.1. The van der Waals surface area contributed by atoms with Crippen molar-refractivity contribution in [2.75, 3.05) is 6.54 Å². The second kappa shape index (κ2) is 5.43. The molecule has 1 aliphatic heterocycles. The van der Waals surface area contributed by atoms with Gasteiger partial charge < -0.3 is 0 Å². The number of nitrogens with zero attached hydrogens (tertiary/aromatic N) is 1. The number of hydrogen-bond donors (Lipinski definition) is 0. The maximum Gasteiger partial charge on any atom is 0.100 e. The molecule has 0 bridgehead atoms. The Balaban J connectivity index is 2.22. The third-order valence-electron chi connectivity index (χ3n) is 3.20. The van der Waals surface area contributed by atoms with Crippen molar-refractivity contribution in [1.29, 1.82) is 0 Å². The molecule has 1 aromatic carbocycles. The molecule has 1 fully saturated rings. The first-order valence-electron chi connectivity index (χ1n) is 6.34. The minimum atomic E-state index is -0.927. The zero-order chi connectivity index (χ0) is 13.3. The Hall–Kier alpha value is -0.190. The number of halogens is 1. The van der Waals surface area contributed by atoms with Crippen LogP contribution in [-0.4, -0.2) is 19.8 Å². The molecule has 100 valence electrons. The molecular weight excluding hydrogens is 310 g/mol. The van der Waals surface area contributed by atoms with E-state index in [1.165, 1.54) is 5.56 Å². The fourth-order valence-electron chi connectivity index (χ4n) is 2.31. The molecule has 0 unspecified atom stereocenters. The van der Waals surface area contributed by atoms with Gasteiger partial charge in [-0.3, -0.25) is 0 Å². The van der Waals surface area contributed by atoms with Crippen molar-refractivity contribution >= 4 is 26.9 Å². The highest BCUT2D eigenvalue weighted by Crippen LogP contribution is 2.36. The zero-order valence-corrected chi connectivity index (χ0v) is 13.6. The summed E-state index contributed by atoms with van der Waals surface area (Å²) in [5.74, 6) is 0. The molecule has 1 saturated heterocycles. The minimum Gasteiger partial charge on any atom is -0.242 e. The SMILES string of the molecule is CC(C)(C)[S@](=O)N1CCC[C@H]1c1ccc(Br)cc1. The van der Waals surface area contributed by atoms with Crippen LogP contribution in [0.4, 0.5) is 0 Å². The molecule has 0 N–H and O–H groups in total. The summed E-state index contributed by atoms with van der Waals surface area (Å²) in [6, 6.07) is 8.69. The molecule has 0 amide bonds. The highest BCUT2D eigenvalue weighted by Gasteiger charge is 2.35. The van der Waals surface area contributed by atoms with Crippen LogP contribution in [0.2, 0.25) is 0 Å². The van der Waals surface area contributed by atoms with Gasteiger partial charge in [-0.05, 0) is 51.3 Å². The number of hydrogen-bond acceptors (Lipinski definition) is 1. The minimum absolute atomic E-state index is 0.183. The fourth-order valence-corrected chi connectivity index (χ4v) is 4.03. The van der Waals surface area contributed by atoms with E-state index in [0.29, 0.717) is 6.04 Å². The Labute approximate surface area is 120 Å². The van der Waals surface area contributed by atoms with Crippen LogP contribution in [0.5, 0.6) is 0 Å². The van der Waals surface area contributed by atoms with Crippen molar-refractivity contribution in [3.05, 3.63) is 34.3 Å². The predicted octanol–water partition coefficient (Wildman–Crippen LogP) is 4.05. The second-order valence-corrected chi connectivity index (χ2v) is 8.82. The summed E-state index contributed by atoms with van der Waals surface area (Å²) < 4.78 is 15.6. The summed E-state index contributed by atoms with van der Waals surface area (Å²) in [6.07, 6.45) is 2.23. The molecule has 18 heavy (non-hydrogen) atoms. The van der Waals surface area contributed by atoms with E-state index in [-0.39, 0.29) is 4.75 Å². The van der Waals surface area contributed by atoms with Crippen molar-refractivity contribution in [1.82, 2.24) is 4.31 Å². The molecule has 0 aliphatic carbocycles. The van der Waals surface area contributed by atoms with E-state index in [0.717, 1.165) is 23.9 Å². The Morgan fingerprint density at radius 3 is 2.44 bits per heavy atom. The lowest BCUT2D eigenvalue weighted by molar-refractivity contribution is 0.416. The zero-order valence-electron chi connectivity index (χ0n) is 11.1. The van der Waals surface area contributed by atoms with Crippen molar-refractivity contribution in [3.63, 3.8) is 0 Å². The summed E-state index contributed by atoms with van der Waals surface area (Å²) in [4.78, 5) is 0. The lowest BCUT2D eigenvalue weighted by Crippen LogP contribution is -2.37. The highest BCUT2D eigenvalue weighted by atomic mass is 79.9. The van der Waals surface area contributed by atoms with Crippen LogP contribution in [0.25, 0.3) is 0 Å². The second-order valence-electron chi connectivity index (χ2n) is 5.71. The average Bonchev–Trinajstić information content (AvgIpc) is 2.76. The molecule has 1 aromatic rings. The van der Waals surface area contributed by atoms with E-state index in [1.54, 1.807) is 0 Å². The van der Waals surface area contributed by atoms with Gasteiger partial charge in [-0.25, -0.2) is 8.51 Å². The molecule has 0 saturated carbocycles. The Kier molecular flexibility index (Phi) is 4.29. The van der Waals surface area contributed by atoms with Crippen LogP contribution < -0.4 is 0 Å². The predicted molar refractivity (Wildman–Crippen MR) is 80.7 cm³/mol. The molecule has 1 aliphatic rings. The van der Waals surface area contributed by atoms with Gasteiger partial charge in [0.1, 0.15) is 11.0 Å². The molecule has 4 heteroatoms. The monoisotopic (exact) mass is 329 g/mol. The molecule has 0 radical (unpaired) electrons. The van der Waals surface area contributed by atoms with Gasteiger partial charge in [0.15, 0.2) is 0 Å². The highest BCUT2D eigenvalue weighted by molar-refractivity contribution is 9.10.